The Kier molecular flexibility index (Phi) is 8.83. The molecule has 0 radical (unpaired) electrons. The molecule has 1 N–H and O–H groups in total. The second-order valence-corrected chi connectivity index (χ2v) is 5.02. The summed E-state index contributed by atoms with van der Waals surface area (Å²) in [4.78, 5) is 22.6. The van der Waals surface area contributed by atoms with Gasteiger partial charge in [0.15, 0.2) is 0 Å². The van der Waals surface area contributed by atoms with Crippen LogP contribution in [0.25, 0.3) is 0 Å². The second kappa shape index (κ2) is 9.83. The third kappa shape index (κ3) is 9.94. The monoisotopic (exact) mass is 281 g/mol. The molecule has 0 saturated heterocycles. The topological polar surface area (TPSA) is 66.8 Å². The molecule has 0 heterocycles. The van der Waals surface area contributed by atoms with Gasteiger partial charge in [-0.2, -0.15) is 0 Å². The number of amides is 1. The Morgan fingerprint density at radius 2 is 1.70 bits per heavy atom. The van der Waals surface area contributed by atoms with Crippen LogP contribution in [0.4, 0.5) is 4.79 Å². The zero-order chi connectivity index (χ0) is 15.5. The third-order valence-corrected chi connectivity index (χ3v) is 1.89. The summed E-state index contributed by atoms with van der Waals surface area (Å²) in [6.45, 7) is 6.28. The zero-order valence-corrected chi connectivity index (χ0v) is 12.5. The number of likely N-dealkylation sites (N-methyl/N-ethyl adjacent to an activating group) is 1. The van der Waals surface area contributed by atoms with E-state index in [1.807, 2.05) is 30.3 Å². The van der Waals surface area contributed by atoms with Crippen LogP contribution in [-0.2, 0) is 16.1 Å². The maximum absolute atomic E-state index is 11.3. The van der Waals surface area contributed by atoms with E-state index in [2.05, 4.69) is 20.8 Å². The Labute approximate surface area is 120 Å². The lowest BCUT2D eigenvalue weighted by Gasteiger charge is -2.14. The summed E-state index contributed by atoms with van der Waals surface area (Å²) in [6.07, 6.45) is -0.647. The summed E-state index contributed by atoms with van der Waals surface area (Å²) < 4.78 is 4.91. The van der Waals surface area contributed by atoms with Gasteiger partial charge in [0, 0.05) is 7.05 Å². The van der Waals surface area contributed by atoms with E-state index in [1.54, 1.807) is 0 Å². The normalized spacial score (nSPS) is 9.45. The maximum atomic E-state index is 11.3. The highest BCUT2D eigenvalue weighted by Crippen LogP contribution is 2.02. The molecule has 20 heavy (non-hydrogen) atoms. The van der Waals surface area contributed by atoms with Crippen molar-refractivity contribution < 1.29 is 19.4 Å². The lowest BCUT2D eigenvalue weighted by Crippen LogP contribution is -2.32. The number of carbonyl (C=O) groups excluding carboxylic acids is 1. The highest BCUT2D eigenvalue weighted by Gasteiger charge is 2.12. The third-order valence-electron chi connectivity index (χ3n) is 1.89. The van der Waals surface area contributed by atoms with Gasteiger partial charge in [-0.05, 0) is 11.5 Å². The van der Waals surface area contributed by atoms with Gasteiger partial charge in [0.1, 0.15) is 13.2 Å². The average Bonchev–Trinajstić information content (AvgIpc) is 2.35. The molecule has 0 aromatic heterocycles. The molecule has 112 valence electrons. The molecule has 0 aliphatic carbocycles. The molecule has 1 aromatic carbocycles. The fraction of sp³-hybridized carbons (Fsp3) is 0.467. The number of carboxylic acid groups (broad SMARTS) is 1. The van der Waals surface area contributed by atoms with Crippen LogP contribution in [0.2, 0.25) is 0 Å². The van der Waals surface area contributed by atoms with Crippen LogP contribution in [0.1, 0.15) is 26.3 Å². The Morgan fingerprint density at radius 1 is 1.20 bits per heavy atom. The summed E-state index contributed by atoms with van der Waals surface area (Å²) in [5.41, 5.74) is 0.861. The molecule has 0 fully saturated rings. The lowest BCUT2D eigenvalue weighted by molar-refractivity contribution is -0.137. The quantitative estimate of drug-likeness (QED) is 0.921. The first kappa shape index (κ1) is 18.0. The molecular weight excluding hydrogens is 258 g/mol. The highest BCUT2D eigenvalue weighted by molar-refractivity contribution is 5.76. The Hall–Kier alpha value is -2.04. The van der Waals surface area contributed by atoms with Crippen molar-refractivity contribution in [3.8, 4) is 0 Å². The minimum atomic E-state index is -1.07. The van der Waals surface area contributed by atoms with Crippen molar-refractivity contribution in [1.82, 2.24) is 4.90 Å². The first-order chi connectivity index (χ1) is 9.32. The first-order valence-corrected chi connectivity index (χ1v) is 6.46. The smallest absolute Gasteiger partial charge is 0.410 e. The van der Waals surface area contributed by atoms with Crippen molar-refractivity contribution in [2.45, 2.75) is 27.4 Å². The van der Waals surface area contributed by atoms with E-state index >= 15 is 0 Å². The van der Waals surface area contributed by atoms with Gasteiger partial charge in [0.2, 0.25) is 0 Å². The molecule has 5 heteroatoms. The van der Waals surface area contributed by atoms with Crippen molar-refractivity contribution in [1.29, 1.82) is 0 Å². The number of nitrogens with zero attached hydrogens (tertiary/aromatic N) is 1. The van der Waals surface area contributed by atoms with Crippen molar-refractivity contribution in [3.63, 3.8) is 0 Å². The van der Waals surface area contributed by atoms with Crippen LogP contribution >= 0.6 is 0 Å². The fourth-order valence-corrected chi connectivity index (χ4v) is 1.10. The van der Waals surface area contributed by atoms with Gasteiger partial charge in [0.25, 0.3) is 0 Å². The molecule has 0 unspecified atom stereocenters. The average molecular weight is 281 g/mol. The lowest BCUT2D eigenvalue weighted by atomic mass is 10.2. The van der Waals surface area contributed by atoms with E-state index in [9.17, 15) is 9.59 Å². The molecule has 1 aromatic rings. The molecule has 0 saturated carbocycles. The minimum absolute atomic E-state index is 0.142. The van der Waals surface area contributed by atoms with Gasteiger partial charge < -0.3 is 14.7 Å². The Morgan fingerprint density at radius 3 is 2.15 bits per heavy atom. The first-order valence-electron chi connectivity index (χ1n) is 6.46. The molecule has 0 atom stereocenters. The minimum Gasteiger partial charge on any atom is -0.480 e. The van der Waals surface area contributed by atoms with Gasteiger partial charge in [-0.3, -0.25) is 4.79 Å². The molecule has 0 spiro atoms. The predicted octanol–water partition coefficient (Wildman–Crippen LogP) is 3.00. The number of benzene rings is 1. The summed E-state index contributed by atoms with van der Waals surface area (Å²) in [5, 5.41) is 8.47. The summed E-state index contributed by atoms with van der Waals surface area (Å²) in [7, 11) is 1.38. The van der Waals surface area contributed by atoms with Gasteiger partial charge in [-0.1, -0.05) is 51.1 Å². The number of hydrogen-bond donors (Lipinski definition) is 1. The van der Waals surface area contributed by atoms with Crippen molar-refractivity contribution in [2.75, 3.05) is 13.6 Å². The molecular formula is C15H23NO4. The Bertz CT molecular complexity index is 401. The largest absolute Gasteiger partial charge is 0.480 e. The van der Waals surface area contributed by atoms with E-state index in [-0.39, 0.29) is 13.2 Å². The summed E-state index contributed by atoms with van der Waals surface area (Å²) >= 11 is 0. The molecule has 1 rings (SSSR count). The zero-order valence-electron chi connectivity index (χ0n) is 12.5. The molecule has 0 aliphatic rings. The second-order valence-electron chi connectivity index (χ2n) is 5.02. The maximum Gasteiger partial charge on any atom is 0.410 e. The molecule has 1 amide bonds. The number of carbonyl (C=O) groups is 2. The number of rotatable bonds is 4. The van der Waals surface area contributed by atoms with E-state index in [0.29, 0.717) is 0 Å². The van der Waals surface area contributed by atoms with Crippen molar-refractivity contribution in [3.05, 3.63) is 35.9 Å². The highest BCUT2D eigenvalue weighted by atomic mass is 16.6. The number of hydrogen-bond acceptors (Lipinski definition) is 3. The van der Waals surface area contributed by atoms with E-state index in [1.165, 1.54) is 7.05 Å². The molecule has 5 nitrogen and oxygen atoms in total. The SMILES string of the molecule is CC(C)C.CN(CC(=O)O)C(=O)OCc1ccccc1. The van der Waals surface area contributed by atoms with E-state index in [0.717, 1.165) is 16.4 Å². The van der Waals surface area contributed by atoms with Crippen molar-refractivity contribution >= 4 is 12.1 Å². The van der Waals surface area contributed by atoms with E-state index < -0.39 is 12.1 Å². The fourth-order valence-electron chi connectivity index (χ4n) is 1.10. The van der Waals surface area contributed by atoms with Gasteiger partial charge in [0.05, 0.1) is 0 Å². The molecule has 0 bridgehead atoms. The standard InChI is InChI=1S/C11H13NO4.C4H10/c1-12(7-10(13)14)11(15)16-8-9-5-3-2-4-6-9;1-4(2)3/h2-6H,7-8H2,1H3,(H,13,14);4H,1-3H3. The van der Waals surface area contributed by atoms with Crippen LogP contribution in [0, 0.1) is 5.92 Å². The Balaban J connectivity index is 0.000000796. The number of ether oxygens (including phenoxy) is 1. The van der Waals surface area contributed by atoms with Gasteiger partial charge in [-0.15, -0.1) is 0 Å². The van der Waals surface area contributed by atoms with E-state index in [4.69, 9.17) is 9.84 Å². The predicted molar refractivity (Wildman–Crippen MR) is 77.4 cm³/mol. The van der Waals surface area contributed by atoms with Crippen molar-refractivity contribution in [2.24, 2.45) is 5.92 Å². The van der Waals surface area contributed by atoms with Crippen LogP contribution in [-0.4, -0.2) is 35.7 Å². The molecule has 0 aliphatic heterocycles. The van der Waals surface area contributed by atoms with Crippen LogP contribution in [0.3, 0.4) is 0 Å². The summed E-state index contributed by atoms with van der Waals surface area (Å²) in [5.74, 6) is -0.237. The van der Waals surface area contributed by atoms with Crippen LogP contribution < -0.4 is 0 Å². The summed E-state index contributed by atoms with van der Waals surface area (Å²) in [6, 6.07) is 9.19. The number of carboxylic acids is 1. The van der Waals surface area contributed by atoms with Crippen LogP contribution in [0.15, 0.2) is 30.3 Å². The number of aliphatic carboxylic acids is 1. The van der Waals surface area contributed by atoms with Crippen LogP contribution in [0.5, 0.6) is 0 Å². The van der Waals surface area contributed by atoms with Gasteiger partial charge in [-0.25, -0.2) is 4.79 Å². The van der Waals surface area contributed by atoms with Gasteiger partial charge >= 0.3 is 12.1 Å².